The minimum absolute atomic E-state index is 0.0677. The van der Waals surface area contributed by atoms with E-state index in [4.69, 9.17) is 23.2 Å². The van der Waals surface area contributed by atoms with Crippen molar-refractivity contribution in [1.82, 2.24) is 0 Å². The number of hydrogen-bond acceptors (Lipinski definition) is 1. The van der Waals surface area contributed by atoms with Crippen molar-refractivity contribution in [3.8, 4) is 0 Å². The molecule has 0 spiro atoms. The minimum Gasteiger partial charge on any atom is -0.294 e. The standard InChI is InChI=1S/C14H9Cl2FO/c15-11-3-1-9(2-4-11)14(18)8-10-7-12(17)5-6-13(10)16/h1-7H,8H2. The molecule has 0 aromatic heterocycles. The molecule has 0 fully saturated rings. The van der Waals surface area contributed by atoms with E-state index in [0.29, 0.717) is 21.2 Å². The van der Waals surface area contributed by atoms with Gasteiger partial charge in [0.1, 0.15) is 5.82 Å². The summed E-state index contributed by atoms with van der Waals surface area (Å²) in [6.07, 6.45) is 0.0677. The van der Waals surface area contributed by atoms with Crippen LogP contribution in [0.25, 0.3) is 0 Å². The average Bonchev–Trinajstić information content (AvgIpc) is 2.34. The normalized spacial score (nSPS) is 10.4. The van der Waals surface area contributed by atoms with E-state index in [2.05, 4.69) is 0 Å². The highest BCUT2D eigenvalue weighted by atomic mass is 35.5. The number of ketones is 1. The van der Waals surface area contributed by atoms with Crippen LogP contribution in [0.1, 0.15) is 15.9 Å². The average molecular weight is 283 g/mol. The van der Waals surface area contributed by atoms with Crippen LogP contribution in [0, 0.1) is 5.82 Å². The van der Waals surface area contributed by atoms with Crippen molar-refractivity contribution in [2.75, 3.05) is 0 Å². The minimum atomic E-state index is -0.404. The maximum absolute atomic E-state index is 13.1. The molecule has 2 rings (SSSR count). The second-order valence-electron chi connectivity index (χ2n) is 3.84. The van der Waals surface area contributed by atoms with E-state index in [1.807, 2.05) is 0 Å². The molecule has 0 amide bonds. The number of benzene rings is 2. The smallest absolute Gasteiger partial charge is 0.167 e. The first-order chi connectivity index (χ1) is 8.56. The van der Waals surface area contributed by atoms with Gasteiger partial charge in [0.25, 0.3) is 0 Å². The molecule has 4 heteroatoms. The largest absolute Gasteiger partial charge is 0.294 e. The van der Waals surface area contributed by atoms with Gasteiger partial charge in [-0.2, -0.15) is 0 Å². The fourth-order valence-electron chi connectivity index (χ4n) is 1.59. The molecule has 92 valence electrons. The van der Waals surface area contributed by atoms with Gasteiger partial charge in [0.2, 0.25) is 0 Å². The van der Waals surface area contributed by atoms with E-state index < -0.39 is 5.82 Å². The van der Waals surface area contributed by atoms with E-state index >= 15 is 0 Å². The highest BCUT2D eigenvalue weighted by molar-refractivity contribution is 6.31. The second kappa shape index (κ2) is 5.51. The summed E-state index contributed by atoms with van der Waals surface area (Å²) in [6.45, 7) is 0. The lowest BCUT2D eigenvalue weighted by atomic mass is 10.0. The van der Waals surface area contributed by atoms with Gasteiger partial charge in [-0.25, -0.2) is 4.39 Å². The van der Waals surface area contributed by atoms with Crippen LogP contribution in [0.4, 0.5) is 4.39 Å². The van der Waals surface area contributed by atoms with Crippen molar-refractivity contribution in [2.24, 2.45) is 0 Å². The second-order valence-corrected chi connectivity index (χ2v) is 4.69. The first kappa shape index (κ1) is 13.1. The Morgan fingerprint density at radius 1 is 1.06 bits per heavy atom. The van der Waals surface area contributed by atoms with Gasteiger partial charge in [0.05, 0.1) is 0 Å². The third-order valence-electron chi connectivity index (χ3n) is 2.52. The van der Waals surface area contributed by atoms with E-state index in [1.54, 1.807) is 24.3 Å². The topological polar surface area (TPSA) is 17.1 Å². The molecule has 1 nitrogen and oxygen atoms in total. The van der Waals surface area contributed by atoms with Crippen LogP contribution in [0.15, 0.2) is 42.5 Å². The van der Waals surface area contributed by atoms with Crippen LogP contribution >= 0.6 is 23.2 Å². The molecule has 2 aromatic rings. The molecule has 0 saturated heterocycles. The number of rotatable bonds is 3. The Morgan fingerprint density at radius 2 is 1.72 bits per heavy atom. The molecular weight excluding hydrogens is 274 g/mol. The van der Waals surface area contributed by atoms with Crippen LogP contribution in [0.5, 0.6) is 0 Å². The third-order valence-corrected chi connectivity index (χ3v) is 3.15. The predicted molar refractivity (Wildman–Crippen MR) is 70.9 cm³/mol. The first-order valence-electron chi connectivity index (χ1n) is 5.29. The number of halogens is 3. The zero-order valence-corrected chi connectivity index (χ0v) is 10.8. The zero-order valence-electron chi connectivity index (χ0n) is 9.29. The summed E-state index contributed by atoms with van der Waals surface area (Å²) in [4.78, 5) is 12.0. The molecule has 0 saturated carbocycles. The Balaban J connectivity index is 2.21. The Morgan fingerprint density at radius 3 is 2.39 bits per heavy atom. The summed E-state index contributed by atoms with van der Waals surface area (Å²) < 4.78 is 13.1. The molecule has 0 aliphatic rings. The van der Waals surface area contributed by atoms with Crippen molar-refractivity contribution in [1.29, 1.82) is 0 Å². The molecule has 0 aliphatic heterocycles. The maximum atomic E-state index is 13.1. The van der Waals surface area contributed by atoms with Gasteiger partial charge in [-0.1, -0.05) is 23.2 Å². The van der Waals surface area contributed by atoms with Crippen LogP contribution in [0.3, 0.4) is 0 Å². The van der Waals surface area contributed by atoms with Crippen molar-refractivity contribution >= 4 is 29.0 Å². The molecule has 0 aliphatic carbocycles. The molecule has 0 radical (unpaired) electrons. The Bertz CT molecular complexity index is 579. The van der Waals surface area contributed by atoms with Crippen LogP contribution in [-0.2, 0) is 6.42 Å². The summed E-state index contributed by atoms with van der Waals surface area (Å²) >= 11 is 11.7. The number of carbonyl (C=O) groups excluding carboxylic acids is 1. The van der Waals surface area contributed by atoms with Gasteiger partial charge in [-0.3, -0.25) is 4.79 Å². The van der Waals surface area contributed by atoms with Gasteiger partial charge in [0.15, 0.2) is 5.78 Å². The van der Waals surface area contributed by atoms with Crippen LogP contribution < -0.4 is 0 Å². The van der Waals surface area contributed by atoms with Gasteiger partial charge in [-0.05, 0) is 48.0 Å². The van der Waals surface area contributed by atoms with Crippen molar-refractivity contribution in [2.45, 2.75) is 6.42 Å². The van der Waals surface area contributed by atoms with Crippen molar-refractivity contribution in [3.05, 3.63) is 69.5 Å². The SMILES string of the molecule is O=C(Cc1cc(F)ccc1Cl)c1ccc(Cl)cc1. The molecule has 2 aromatic carbocycles. The fourth-order valence-corrected chi connectivity index (χ4v) is 1.90. The monoisotopic (exact) mass is 282 g/mol. The van der Waals surface area contributed by atoms with E-state index in [-0.39, 0.29) is 12.2 Å². The van der Waals surface area contributed by atoms with Crippen LogP contribution in [0.2, 0.25) is 10.0 Å². The Hall–Kier alpha value is -1.38. The van der Waals surface area contributed by atoms with Gasteiger partial charge >= 0.3 is 0 Å². The molecule has 0 heterocycles. The lowest BCUT2D eigenvalue weighted by Crippen LogP contribution is -2.04. The number of Topliss-reactive ketones (excluding diaryl/α,β-unsaturated/α-hetero) is 1. The van der Waals surface area contributed by atoms with E-state index in [9.17, 15) is 9.18 Å². The Labute approximate surface area is 114 Å². The van der Waals surface area contributed by atoms with Gasteiger partial charge < -0.3 is 0 Å². The van der Waals surface area contributed by atoms with E-state index in [1.165, 1.54) is 18.2 Å². The summed E-state index contributed by atoms with van der Waals surface area (Å²) in [5.41, 5.74) is 1.01. The Kier molecular flexibility index (Phi) is 4.00. The number of carbonyl (C=O) groups is 1. The van der Waals surface area contributed by atoms with E-state index in [0.717, 1.165) is 0 Å². The highest BCUT2D eigenvalue weighted by Crippen LogP contribution is 2.19. The van der Waals surface area contributed by atoms with Gasteiger partial charge in [0, 0.05) is 22.0 Å². The predicted octanol–water partition coefficient (Wildman–Crippen LogP) is 4.56. The molecule has 0 N–H and O–H groups in total. The molecule has 0 unspecified atom stereocenters. The molecule has 18 heavy (non-hydrogen) atoms. The zero-order chi connectivity index (χ0) is 13.1. The first-order valence-corrected chi connectivity index (χ1v) is 6.04. The van der Waals surface area contributed by atoms with Gasteiger partial charge in [-0.15, -0.1) is 0 Å². The molecular formula is C14H9Cl2FO. The lowest BCUT2D eigenvalue weighted by Gasteiger charge is -2.04. The lowest BCUT2D eigenvalue weighted by molar-refractivity contribution is 0.0993. The summed E-state index contributed by atoms with van der Waals surface area (Å²) in [5, 5.41) is 0.953. The number of hydrogen-bond donors (Lipinski definition) is 0. The molecule has 0 bridgehead atoms. The highest BCUT2D eigenvalue weighted by Gasteiger charge is 2.10. The summed E-state index contributed by atoms with van der Waals surface area (Å²) in [6, 6.07) is 10.5. The summed E-state index contributed by atoms with van der Waals surface area (Å²) in [5.74, 6) is -0.530. The quantitative estimate of drug-likeness (QED) is 0.755. The fraction of sp³-hybridized carbons (Fsp3) is 0.0714. The summed E-state index contributed by atoms with van der Waals surface area (Å²) in [7, 11) is 0. The third kappa shape index (κ3) is 3.09. The van der Waals surface area contributed by atoms with Crippen molar-refractivity contribution in [3.63, 3.8) is 0 Å². The van der Waals surface area contributed by atoms with Crippen molar-refractivity contribution < 1.29 is 9.18 Å². The molecule has 0 atom stereocenters. The maximum Gasteiger partial charge on any atom is 0.167 e. The van der Waals surface area contributed by atoms with Crippen LogP contribution in [-0.4, -0.2) is 5.78 Å².